The predicted octanol–water partition coefficient (Wildman–Crippen LogP) is 2.79. The number of hydrogen-bond donors (Lipinski definition) is 1. The fourth-order valence-corrected chi connectivity index (χ4v) is 5.39. The first-order valence-corrected chi connectivity index (χ1v) is 13.2. The number of non-ortho nitro benzene ring substituents is 1. The van der Waals surface area contributed by atoms with E-state index in [4.69, 9.17) is 0 Å². The quantitative estimate of drug-likeness (QED) is 0.198. The number of amides is 2. The van der Waals surface area contributed by atoms with Gasteiger partial charge in [-0.05, 0) is 61.6 Å². The monoisotopic (exact) mass is 521 g/mol. The van der Waals surface area contributed by atoms with Crippen LogP contribution in [0.1, 0.15) is 47.2 Å². The lowest BCUT2D eigenvalue weighted by molar-refractivity contribution is -0.384. The van der Waals surface area contributed by atoms with Gasteiger partial charge in [-0.15, -0.1) is 0 Å². The number of aldehydes is 1. The molecule has 2 aliphatic heterocycles. The van der Waals surface area contributed by atoms with Gasteiger partial charge < -0.3 is 19.9 Å². The summed E-state index contributed by atoms with van der Waals surface area (Å²) >= 11 is 0. The molecule has 0 aromatic heterocycles. The van der Waals surface area contributed by atoms with Gasteiger partial charge in [0, 0.05) is 69.6 Å². The maximum absolute atomic E-state index is 13.1. The average molecular weight is 522 g/mol. The van der Waals surface area contributed by atoms with Gasteiger partial charge in [0.05, 0.1) is 4.92 Å². The molecule has 2 aliphatic rings. The first kappa shape index (κ1) is 27.3. The van der Waals surface area contributed by atoms with E-state index in [1.165, 1.54) is 0 Å². The lowest BCUT2D eigenvalue weighted by atomic mass is 9.98. The minimum absolute atomic E-state index is 0.109. The molecule has 38 heavy (non-hydrogen) atoms. The number of hydrogen-bond acceptors (Lipinski definition) is 7. The summed E-state index contributed by atoms with van der Waals surface area (Å²) in [7, 11) is 1.55. The zero-order valence-electron chi connectivity index (χ0n) is 21.8. The van der Waals surface area contributed by atoms with E-state index < -0.39 is 6.04 Å². The minimum atomic E-state index is -0.650. The summed E-state index contributed by atoms with van der Waals surface area (Å²) in [5.74, 6) is -0.393. The molecule has 0 bridgehead atoms. The number of nitrogens with zero attached hydrogens (tertiary/aromatic N) is 4. The Hall–Kier alpha value is -3.79. The number of nitro benzene ring substituents is 1. The van der Waals surface area contributed by atoms with Crippen molar-refractivity contribution in [3.05, 3.63) is 69.3 Å². The molecule has 1 atom stereocenters. The minimum Gasteiger partial charge on any atom is -0.369 e. The Kier molecular flexibility index (Phi) is 9.06. The summed E-state index contributed by atoms with van der Waals surface area (Å²) in [4.78, 5) is 53.2. The highest BCUT2D eigenvalue weighted by molar-refractivity contribution is 6.01. The molecular weight excluding hydrogens is 486 g/mol. The fourth-order valence-electron chi connectivity index (χ4n) is 5.39. The molecule has 1 unspecified atom stereocenters. The molecule has 2 aromatic carbocycles. The van der Waals surface area contributed by atoms with E-state index in [0.717, 1.165) is 75.1 Å². The molecule has 0 saturated carbocycles. The molecule has 2 amide bonds. The molecule has 2 heterocycles. The van der Waals surface area contributed by atoms with Gasteiger partial charge in [0.2, 0.25) is 5.91 Å². The summed E-state index contributed by atoms with van der Waals surface area (Å²) in [5, 5.41) is 13.5. The van der Waals surface area contributed by atoms with Crippen LogP contribution in [0.5, 0.6) is 0 Å². The smallest absolute Gasteiger partial charge is 0.269 e. The molecule has 2 aromatic rings. The van der Waals surface area contributed by atoms with Gasteiger partial charge in [-0.2, -0.15) is 0 Å². The second-order valence-electron chi connectivity index (χ2n) is 9.81. The highest BCUT2D eigenvalue weighted by Gasteiger charge is 2.36. The Morgan fingerprint density at radius 2 is 1.84 bits per heavy atom. The Balaban J connectivity index is 1.26. The number of benzene rings is 2. The van der Waals surface area contributed by atoms with Crippen molar-refractivity contribution in [2.75, 3.05) is 44.7 Å². The van der Waals surface area contributed by atoms with Crippen LogP contribution in [0, 0.1) is 10.1 Å². The number of likely N-dealkylation sites (N-methyl/N-ethyl adjacent to an activating group) is 1. The maximum Gasteiger partial charge on any atom is 0.269 e. The van der Waals surface area contributed by atoms with Gasteiger partial charge in [-0.1, -0.05) is 12.1 Å². The molecule has 0 spiro atoms. The van der Waals surface area contributed by atoms with Crippen LogP contribution in [-0.4, -0.2) is 78.6 Å². The molecule has 1 saturated heterocycles. The zero-order chi connectivity index (χ0) is 27.1. The second kappa shape index (κ2) is 12.6. The van der Waals surface area contributed by atoms with Crippen LogP contribution >= 0.6 is 0 Å². The largest absolute Gasteiger partial charge is 0.369 e. The number of nitrogens with one attached hydrogen (secondary N) is 1. The normalized spacial score (nSPS) is 16.3. The van der Waals surface area contributed by atoms with E-state index in [1.54, 1.807) is 24.1 Å². The first-order valence-electron chi connectivity index (χ1n) is 13.2. The van der Waals surface area contributed by atoms with Gasteiger partial charge in [-0.3, -0.25) is 24.6 Å². The van der Waals surface area contributed by atoms with Crippen LogP contribution in [-0.2, 0) is 22.6 Å². The van der Waals surface area contributed by atoms with Crippen LogP contribution < -0.4 is 10.2 Å². The van der Waals surface area contributed by atoms with Crippen molar-refractivity contribution in [3.63, 3.8) is 0 Å². The Morgan fingerprint density at radius 3 is 2.50 bits per heavy atom. The maximum atomic E-state index is 13.1. The van der Waals surface area contributed by atoms with Crippen LogP contribution in [0.2, 0.25) is 0 Å². The number of carbonyl (C=O) groups excluding carboxylic acids is 3. The van der Waals surface area contributed by atoms with Crippen molar-refractivity contribution in [3.8, 4) is 0 Å². The lowest BCUT2D eigenvalue weighted by Crippen LogP contribution is -2.46. The Labute approximate surface area is 222 Å². The first-order chi connectivity index (χ1) is 18.4. The third kappa shape index (κ3) is 6.19. The van der Waals surface area contributed by atoms with Crippen molar-refractivity contribution in [2.24, 2.45) is 0 Å². The summed E-state index contributed by atoms with van der Waals surface area (Å²) in [5.41, 5.74) is 3.92. The van der Waals surface area contributed by atoms with E-state index in [9.17, 15) is 24.5 Å². The third-order valence-corrected chi connectivity index (χ3v) is 7.54. The molecule has 0 aliphatic carbocycles. The van der Waals surface area contributed by atoms with Gasteiger partial charge >= 0.3 is 0 Å². The van der Waals surface area contributed by atoms with Crippen molar-refractivity contribution in [2.45, 2.75) is 44.7 Å². The standard InChI is InChI=1S/C28H35N5O5/c1-29-27(35)26(9-5-19-34)32-20-25-21(7-4-8-24(25)28(32)36)6-2-3-14-30-15-17-31(18-16-30)22-10-12-23(13-11-22)33(37)38/h4,7-8,10-13,19,26H,2-3,5-6,9,14-18,20H2,1H3,(H,29,35). The number of anilines is 1. The van der Waals surface area contributed by atoms with Crippen molar-refractivity contribution in [1.29, 1.82) is 0 Å². The number of piperazine rings is 1. The van der Waals surface area contributed by atoms with E-state index in [1.807, 2.05) is 24.3 Å². The molecule has 10 heteroatoms. The number of aryl methyl sites for hydroxylation is 1. The Morgan fingerprint density at radius 1 is 1.11 bits per heavy atom. The number of rotatable bonds is 12. The summed E-state index contributed by atoms with van der Waals surface area (Å²) in [6.45, 7) is 5.06. The van der Waals surface area contributed by atoms with Crippen LogP contribution in [0.15, 0.2) is 42.5 Å². The molecule has 1 fully saturated rings. The van der Waals surface area contributed by atoms with Crippen LogP contribution in [0.4, 0.5) is 11.4 Å². The summed E-state index contributed by atoms with van der Waals surface area (Å²) < 4.78 is 0. The van der Waals surface area contributed by atoms with Crippen LogP contribution in [0.25, 0.3) is 0 Å². The van der Waals surface area contributed by atoms with E-state index in [-0.39, 0.29) is 28.8 Å². The molecule has 4 rings (SSSR count). The average Bonchev–Trinajstić information content (AvgIpc) is 3.28. The van der Waals surface area contributed by atoms with Crippen molar-refractivity contribution in [1.82, 2.24) is 15.1 Å². The zero-order valence-corrected chi connectivity index (χ0v) is 21.8. The SMILES string of the molecule is CNC(=O)C(CCC=O)N1Cc2c(CCCCN3CCN(c4ccc([N+](=O)[O-])cc4)CC3)cccc2C1=O. The Bertz CT molecular complexity index is 1160. The van der Waals surface area contributed by atoms with Gasteiger partial charge in [0.15, 0.2) is 0 Å². The second-order valence-corrected chi connectivity index (χ2v) is 9.81. The molecule has 202 valence electrons. The number of carbonyl (C=O) groups is 3. The van der Waals surface area contributed by atoms with Crippen LogP contribution in [0.3, 0.4) is 0 Å². The molecule has 0 radical (unpaired) electrons. The van der Waals surface area contributed by atoms with Gasteiger partial charge in [0.1, 0.15) is 12.3 Å². The topological polar surface area (TPSA) is 116 Å². The lowest BCUT2D eigenvalue weighted by Gasteiger charge is -2.36. The van der Waals surface area contributed by atoms with E-state index in [0.29, 0.717) is 18.5 Å². The molecular formula is C28H35N5O5. The van der Waals surface area contributed by atoms with Crippen molar-refractivity contribution >= 4 is 29.5 Å². The number of unbranched alkanes of at least 4 members (excludes halogenated alkanes) is 1. The van der Waals surface area contributed by atoms with E-state index in [2.05, 4.69) is 21.2 Å². The van der Waals surface area contributed by atoms with Gasteiger partial charge in [-0.25, -0.2) is 0 Å². The highest BCUT2D eigenvalue weighted by Crippen LogP contribution is 2.30. The molecule has 10 nitrogen and oxygen atoms in total. The fraction of sp³-hybridized carbons (Fsp3) is 0.464. The molecule has 1 N–H and O–H groups in total. The summed E-state index contributed by atoms with van der Waals surface area (Å²) in [6, 6.07) is 11.9. The summed E-state index contributed by atoms with van der Waals surface area (Å²) in [6.07, 6.45) is 4.23. The third-order valence-electron chi connectivity index (χ3n) is 7.54. The van der Waals surface area contributed by atoms with Crippen molar-refractivity contribution < 1.29 is 19.3 Å². The number of nitro groups is 1. The highest BCUT2D eigenvalue weighted by atomic mass is 16.6. The van der Waals surface area contributed by atoms with Gasteiger partial charge in [0.25, 0.3) is 11.6 Å². The van der Waals surface area contributed by atoms with E-state index >= 15 is 0 Å². The number of fused-ring (bicyclic) bond motifs is 1. The predicted molar refractivity (Wildman–Crippen MR) is 144 cm³/mol.